The van der Waals surface area contributed by atoms with Crippen molar-refractivity contribution in [2.45, 2.75) is 38.0 Å². The van der Waals surface area contributed by atoms with E-state index in [1.807, 2.05) is 0 Å². The highest BCUT2D eigenvalue weighted by Gasteiger charge is 2.33. The van der Waals surface area contributed by atoms with E-state index in [-0.39, 0.29) is 25.4 Å². The lowest BCUT2D eigenvalue weighted by Gasteiger charge is -2.16. The van der Waals surface area contributed by atoms with Crippen LogP contribution >= 0.6 is 0 Å². The quantitative estimate of drug-likeness (QED) is 0.589. The molecule has 0 heterocycles. The van der Waals surface area contributed by atoms with E-state index in [9.17, 15) is 8.78 Å². The molecule has 0 aromatic heterocycles. The summed E-state index contributed by atoms with van der Waals surface area (Å²) in [6, 6.07) is 0. The van der Waals surface area contributed by atoms with Crippen molar-refractivity contribution in [1.82, 2.24) is 0 Å². The third-order valence-electron chi connectivity index (χ3n) is 2.25. The Morgan fingerprint density at radius 3 is 2.73 bits per heavy atom. The van der Waals surface area contributed by atoms with Crippen molar-refractivity contribution in [2.24, 2.45) is 5.92 Å². The Morgan fingerprint density at radius 1 is 1.36 bits per heavy atom. The van der Waals surface area contributed by atoms with E-state index in [4.69, 9.17) is 5.11 Å². The number of halogens is 2. The maximum atomic E-state index is 12.8. The zero-order chi connectivity index (χ0) is 8.32. The first-order valence-electron chi connectivity index (χ1n) is 4.13. The van der Waals surface area contributed by atoms with Crippen molar-refractivity contribution in [2.75, 3.05) is 6.61 Å². The predicted octanol–water partition coefficient (Wildman–Crippen LogP) is 2.19. The van der Waals surface area contributed by atoms with Gasteiger partial charge in [0.2, 0.25) is 5.92 Å². The molecule has 1 atom stereocenters. The maximum Gasteiger partial charge on any atom is 0.248 e. The Hall–Kier alpha value is -0.180. The first-order valence-corrected chi connectivity index (χ1v) is 4.13. The average Bonchev–Trinajstić information content (AvgIpc) is 2.10. The summed E-state index contributed by atoms with van der Waals surface area (Å²) in [6.45, 7) is -0.0877. The Morgan fingerprint density at radius 2 is 2.09 bits per heavy atom. The molecule has 1 unspecified atom stereocenters. The van der Waals surface area contributed by atoms with Gasteiger partial charge in [-0.2, -0.15) is 0 Å². The van der Waals surface area contributed by atoms with Crippen LogP contribution in [-0.4, -0.2) is 17.6 Å². The third-order valence-corrected chi connectivity index (χ3v) is 2.25. The average molecular weight is 164 g/mol. The van der Waals surface area contributed by atoms with Gasteiger partial charge in [0.25, 0.3) is 0 Å². The first-order chi connectivity index (χ1) is 5.14. The largest absolute Gasteiger partial charge is 0.396 e. The van der Waals surface area contributed by atoms with Gasteiger partial charge in [0, 0.05) is 19.4 Å². The molecule has 0 saturated heterocycles. The zero-order valence-corrected chi connectivity index (χ0v) is 6.52. The molecule has 66 valence electrons. The van der Waals surface area contributed by atoms with Crippen LogP contribution < -0.4 is 0 Å². The number of hydrogen-bond donors (Lipinski definition) is 1. The highest BCUT2D eigenvalue weighted by molar-refractivity contribution is 4.75. The van der Waals surface area contributed by atoms with E-state index in [1.54, 1.807) is 0 Å². The van der Waals surface area contributed by atoms with Crippen LogP contribution in [0.2, 0.25) is 0 Å². The standard InChI is InChI=1S/C8H14F2O/c9-8(10)4-2-1-3-7(5-8)6-11/h7,11H,1-6H2. The normalized spacial score (nSPS) is 31.4. The van der Waals surface area contributed by atoms with Crippen molar-refractivity contribution in [3.8, 4) is 0 Å². The van der Waals surface area contributed by atoms with Gasteiger partial charge in [-0.05, 0) is 18.8 Å². The number of hydrogen-bond acceptors (Lipinski definition) is 1. The van der Waals surface area contributed by atoms with E-state index in [1.165, 1.54) is 0 Å². The van der Waals surface area contributed by atoms with Gasteiger partial charge in [-0.1, -0.05) is 6.42 Å². The summed E-state index contributed by atoms with van der Waals surface area (Å²) in [5.74, 6) is -2.70. The summed E-state index contributed by atoms with van der Waals surface area (Å²) in [7, 11) is 0. The number of alkyl halides is 2. The molecule has 1 rings (SSSR count). The summed E-state index contributed by atoms with van der Waals surface area (Å²) in [4.78, 5) is 0. The predicted molar refractivity (Wildman–Crippen MR) is 38.6 cm³/mol. The van der Waals surface area contributed by atoms with E-state index in [0.717, 1.165) is 12.8 Å². The van der Waals surface area contributed by atoms with Crippen LogP contribution in [0.4, 0.5) is 8.78 Å². The smallest absolute Gasteiger partial charge is 0.248 e. The molecule has 1 aliphatic rings. The summed E-state index contributed by atoms with van der Waals surface area (Å²) in [6.07, 6.45) is 2.07. The topological polar surface area (TPSA) is 20.2 Å². The Kier molecular flexibility index (Phi) is 2.82. The second-order valence-electron chi connectivity index (χ2n) is 3.35. The van der Waals surface area contributed by atoms with E-state index >= 15 is 0 Å². The highest BCUT2D eigenvalue weighted by atomic mass is 19.3. The molecule has 1 nitrogen and oxygen atoms in total. The molecule has 3 heteroatoms. The van der Waals surface area contributed by atoms with Crippen LogP contribution in [0.1, 0.15) is 32.1 Å². The lowest BCUT2D eigenvalue weighted by atomic mass is 10.0. The fourth-order valence-corrected chi connectivity index (χ4v) is 1.60. The maximum absolute atomic E-state index is 12.8. The number of rotatable bonds is 1. The number of aliphatic hydroxyl groups excluding tert-OH is 1. The second-order valence-corrected chi connectivity index (χ2v) is 3.35. The Labute approximate surface area is 65.4 Å². The number of aliphatic hydroxyl groups is 1. The molecule has 11 heavy (non-hydrogen) atoms. The van der Waals surface area contributed by atoms with Gasteiger partial charge in [0.1, 0.15) is 0 Å². The van der Waals surface area contributed by atoms with Crippen LogP contribution in [0.5, 0.6) is 0 Å². The van der Waals surface area contributed by atoms with Crippen molar-refractivity contribution in [3.05, 3.63) is 0 Å². The molecule has 0 aromatic rings. The SMILES string of the molecule is OCC1CCCCC(F)(F)C1. The fourth-order valence-electron chi connectivity index (χ4n) is 1.60. The van der Waals surface area contributed by atoms with Gasteiger partial charge < -0.3 is 5.11 Å². The van der Waals surface area contributed by atoms with Crippen molar-refractivity contribution in [3.63, 3.8) is 0 Å². The van der Waals surface area contributed by atoms with Gasteiger partial charge in [0.15, 0.2) is 0 Å². The van der Waals surface area contributed by atoms with Gasteiger partial charge in [-0.25, -0.2) is 8.78 Å². The van der Waals surface area contributed by atoms with Crippen LogP contribution in [-0.2, 0) is 0 Å². The zero-order valence-electron chi connectivity index (χ0n) is 6.52. The summed E-state index contributed by atoms with van der Waals surface area (Å²) in [5.41, 5.74) is 0. The van der Waals surface area contributed by atoms with E-state index in [0.29, 0.717) is 6.42 Å². The molecule has 1 N–H and O–H groups in total. The lowest BCUT2D eigenvalue weighted by Crippen LogP contribution is -2.20. The summed E-state index contributed by atoms with van der Waals surface area (Å²) >= 11 is 0. The Bertz CT molecular complexity index is 125. The second kappa shape index (κ2) is 3.48. The minimum absolute atomic E-state index is 0.00347. The van der Waals surface area contributed by atoms with Gasteiger partial charge in [-0.3, -0.25) is 0 Å². The van der Waals surface area contributed by atoms with Crippen LogP contribution in [0.3, 0.4) is 0 Å². The van der Waals surface area contributed by atoms with Crippen molar-refractivity contribution in [1.29, 1.82) is 0 Å². The molecular weight excluding hydrogens is 150 g/mol. The minimum Gasteiger partial charge on any atom is -0.396 e. The molecule has 0 aromatic carbocycles. The third kappa shape index (κ3) is 2.73. The van der Waals surface area contributed by atoms with Crippen LogP contribution in [0, 0.1) is 5.92 Å². The molecule has 0 bridgehead atoms. The molecule has 0 radical (unpaired) electrons. The molecule has 0 aliphatic heterocycles. The molecule has 0 amide bonds. The van der Waals surface area contributed by atoms with Crippen molar-refractivity contribution >= 4 is 0 Å². The molecule has 1 saturated carbocycles. The molecule has 1 fully saturated rings. The summed E-state index contributed by atoms with van der Waals surface area (Å²) in [5, 5.41) is 8.71. The van der Waals surface area contributed by atoms with E-state index in [2.05, 4.69) is 0 Å². The minimum atomic E-state index is -2.52. The monoisotopic (exact) mass is 164 g/mol. The molecular formula is C8H14F2O. The van der Waals surface area contributed by atoms with Gasteiger partial charge >= 0.3 is 0 Å². The first kappa shape index (κ1) is 8.91. The van der Waals surface area contributed by atoms with E-state index < -0.39 is 5.92 Å². The van der Waals surface area contributed by atoms with Crippen LogP contribution in [0.25, 0.3) is 0 Å². The highest BCUT2D eigenvalue weighted by Crippen LogP contribution is 2.34. The van der Waals surface area contributed by atoms with Gasteiger partial charge in [0.05, 0.1) is 0 Å². The van der Waals surface area contributed by atoms with Crippen LogP contribution in [0.15, 0.2) is 0 Å². The molecule has 0 spiro atoms. The molecule has 1 aliphatic carbocycles. The Balaban J connectivity index is 2.47. The van der Waals surface area contributed by atoms with Gasteiger partial charge in [-0.15, -0.1) is 0 Å². The fraction of sp³-hybridized carbons (Fsp3) is 1.00. The lowest BCUT2D eigenvalue weighted by molar-refractivity contribution is -0.0309. The summed E-state index contributed by atoms with van der Waals surface area (Å²) < 4.78 is 25.6. The van der Waals surface area contributed by atoms with Crippen molar-refractivity contribution < 1.29 is 13.9 Å².